The topological polar surface area (TPSA) is 81.1 Å². The Morgan fingerprint density at radius 1 is 1.12 bits per heavy atom. The maximum Gasteiger partial charge on any atom is 0.307 e. The largest absolute Gasteiger partial charge is 0.504 e. The molecule has 0 bridgehead atoms. The summed E-state index contributed by atoms with van der Waals surface area (Å²) >= 11 is 0. The third-order valence-electron chi connectivity index (χ3n) is 5.29. The zero-order chi connectivity index (χ0) is 18.0. The number of hydrogen-bond donors (Lipinski definition) is 2. The van der Waals surface area contributed by atoms with Crippen molar-refractivity contribution >= 4 is 11.9 Å². The lowest BCUT2D eigenvalue weighted by Gasteiger charge is -2.41. The van der Waals surface area contributed by atoms with Crippen molar-refractivity contribution in [2.24, 2.45) is 5.92 Å². The predicted molar refractivity (Wildman–Crippen MR) is 88.9 cm³/mol. The van der Waals surface area contributed by atoms with Crippen LogP contribution in [0.4, 0.5) is 4.39 Å². The number of aliphatic carboxylic acids is 1. The normalized spacial score (nSPS) is 22.8. The van der Waals surface area contributed by atoms with E-state index >= 15 is 0 Å². The van der Waals surface area contributed by atoms with Gasteiger partial charge in [0.25, 0.3) is 5.91 Å². The molecule has 0 unspecified atom stereocenters. The van der Waals surface area contributed by atoms with Crippen molar-refractivity contribution < 1.29 is 24.2 Å². The summed E-state index contributed by atoms with van der Waals surface area (Å²) in [6, 6.07) is 4.23. The Kier molecular flexibility index (Phi) is 5.22. The van der Waals surface area contributed by atoms with E-state index in [-0.39, 0.29) is 23.4 Å². The number of para-hydroxylation sites is 1. The van der Waals surface area contributed by atoms with Gasteiger partial charge in [-0.2, -0.15) is 0 Å². The highest BCUT2D eigenvalue weighted by Crippen LogP contribution is 2.27. The van der Waals surface area contributed by atoms with Crippen molar-refractivity contribution in [1.82, 2.24) is 9.80 Å². The molecule has 2 saturated heterocycles. The third kappa shape index (κ3) is 3.76. The first-order chi connectivity index (χ1) is 12.0. The van der Waals surface area contributed by atoms with E-state index < -0.39 is 17.5 Å². The van der Waals surface area contributed by atoms with Crippen LogP contribution in [0.2, 0.25) is 0 Å². The molecule has 0 saturated carbocycles. The van der Waals surface area contributed by atoms with E-state index in [9.17, 15) is 24.2 Å². The molecular weight excluding hydrogens is 327 g/mol. The summed E-state index contributed by atoms with van der Waals surface area (Å²) in [7, 11) is 0. The van der Waals surface area contributed by atoms with Crippen LogP contribution in [-0.4, -0.2) is 64.1 Å². The summed E-state index contributed by atoms with van der Waals surface area (Å²) in [5.74, 6) is -2.81. The predicted octanol–water partition coefficient (Wildman–Crippen LogP) is 1.93. The molecule has 25 heavy (non-hydrogen) atoms. The van der Waals surface area contributed by atoms with Gasteiger partial charge in [0.2, 0.25) is 0 Å². The van der Waals surface area contributed by atoms with Crippen LogP contribution < -0.4 is 0 Å². The highest BCUT2D eigenvalue weighted by molar-refractivity contribution is 5.96. The quantitative estimate of drug-likeness (QED) is 0.871. The van der Waals surface area contributed by atoms with Gasteiger partial charge in [0.05, 0.1) is 11.5 Å². The highest BCUT2D eigenvalue weighted by atomic mass is 19.1. The molecule has 1 amide bonds. The summed E-state index contributed by atoms with van der Waals surface area (Å²) in [5, 5.41) is 19.0. The van der Waals surface area contributed by atoms with Crippen LogP contribution >= 0.6 is 0 Å². The average molecular weight is 350 g/mol. The van der Waals surface area contributed by atoms with Crippen molar-refractivity contribution in [3.63, 3.8) is 0 Å². The first kappa shape index (κ1) is 17.7. The number of carbonyl (C=O) groups excluding carboxylic acids is 1. The van der Waals surface area contributed by atoms with Gasteiger partial charge in [-0.15, -0.1) is 0 Å². The number of likely N-dealkylation sites (tertiary alicyclic amines) is 2. The van der Waals surface area contributed by atoms with Crippen molar-refractivity contribution in [1.29, 1.82) is 0 Å². The highest BCUT2D eigenvalue weighted by Gasteiger charge is 2.33. The minimum atomic E-state index is -0.797. The van der Waals surface area contributed by atoms with E-state index in [1.807, 2.05) is 0 Å². The Bertz CT molecular complexity index is 658. The van der Waals surface area contributed by atoms with Crippen LogP contribution in [0, 0.1) is 11.7 Å². The van der Waals surface area contributed by atoms with Crippen LogP contribution in [0.15, 0.2) is 18.2 Å². The standard InChI is InChI=1S/C18H23FN2O4/c19-15-5-1-4-14(16(15)22)17(23)20-9-6-13(7-10-20)21-8-2-3-12(11-21)18(24)25/h1,4-5,12-13,22H,2-3,6-11H2,(H,24,25)/t12-/m0/s1. The number of benzene rings is 1. The smallest absolute Gasteiger partial charge is 0.307 e. The van der Waals surface area contributed by atoms with E-state index in [2.05, 4.69) is 4.90 Å². The molecule has 0 spiro atoms. The SMILES string of the molecule is O=C(O)[C@H]1CCCN(C2CCN(C(=O)c3cccc(F)c3O)CC2)C1. The third-order valence-corrected chi connectivity index (χ3v) is 5.29. The van der Waals surface area contributed by atoms with Crippen LogP contribution in [0.3, 0.4) is 0 Å². The van der Waals surface area contributed by atoms with Gasteiger partial charge < -0.3 is 15.1 Å². The lowest BCUT2D eigenvalue weighted by molar-refractivity contribution is -0.144. The average Bonchev–Trinajstić information content (AvgIpc) is 2.63. The molecule has 7 heteroatoms. The number of hydrogen-bond acceptors (Lipinski definition) is 4. The summed E-state index contributed by atoms with van der Waals surface area (Å²) in [4.78, 5) is 27.6. The second kappa shape index (κ2) is 7.39. The summed E-state index contributed by atoms with van der Waals surface area (Å²) in [6.07, 6.45) is 3.12. The first-order valence-corrected chi connectivity index (χ1v) is 8.71. The van der Waals surface area contributed by atoms with Crippen LogP contribution in [0.25, 0.3) is 0 Å². The van der Waals surface area contributed by atoms with Crippen LogP contribution in [0.1, 0.15) is 36.0 Å². The van der Waals surface area contributed by atoms with E-state index in [4.69, 9.17) is 0 Å². The Morgan fingerprint density at radius 3 is 2.52 bits per heavy atom. The van der Waals surface area contributed by atoms with E-state index in [1.165, 1.54) is 12.1 Å². The van der Waals surface area contributed by atoms with Crippen molar-refractivity contribution in [3.8, 4) is 5.75 Å². The number of carboxylic acids is 1. The molecule has 1 atom stereocenters. The van der Waals surface area contributed by atoms with E-state index in [0.29, 0.717) is 19.6 Å². The summed E-state index contributed by atoms with van der Waals surface area (Å²) in [6.45, 7) is 2.51. The fraction of sp³-hybridized carbons (Fsp3) is 0.556. The van der Waals surface area contributed by atoms with Crippen molar-refractivity contribution in [2.75, 3.05) is 26.2 Å². The lowest BCUT2D eigenvalue weighted by atomic mass is 9.94. The number of piperidine rings is 2. The molecule has 2 aliphatic rings. The van der Waals surface area contributed by atoms with Gasteiger partial charge in [-0.25, -0.2) is 4.39 Å². The molecule has 6 nitrogen and oxygen atoms in total. The minimum Gasteiger partial charge on any atom is -0.504 e. The fourth-order valence-electron chi connectivity index (χ4n) is 3.83. The number of amides is 1. The van der Waals surface area contributed by atoms with Gasteiger partial charge in [-0.3, -0.25) is 14.5 Å². The molecule has 0 radical (unpaired) electrons. The number of carbonyl (C=O) groups is 2. The van der Waals surface area contributed by atoms with Gasteiger partial charge in [-0.1, -0.05) is 6.07 Å². The molecule has 0 aromatic heterocycles. The van der Waals surface area contributed by atoms with Crippen LogP contribution in [0.5, 0.6) is 5.75 Å². The minimum absolute atomic E-state index is 0.0117. The van der Waals surface area contributed by atoms with Crippen molar-refractivity contribution in [3.05, 3.63) is 29.6 Å². The maximum absolute atomic E-state index is 13.4. The van der Waals surface area contributed by atoms with E-state index in [1.54, 1.807) is 4.90 Å². The zero-order valence-electron chi connectivity index (χ0n) is 14.0. The second-order valence-corrected chi connectivity index (χ2v) is 6.83. The molecule has 2 aliphatic heterocycles. The lowest BCUT2D eigenvalue weighted by Crippen LogP contribution is -2.50. The second-order valence-electron chi connectivity index (χ2n) is 6.83. The zero-order valence-corrected chi connectivity index (χ0v) is 14.0. The molecule has 2 heterocycles. The maximum atomic E-state index is 13.4. The number of carboxylic acid groups (broad SMARTS) is 1. The molecule has 3 rings (SSSR count). The summed E-state index contributed by atoms with van der Waals surface area (Å²) in [5.41, 5.74) is -0.0117. The Balaban J connectivity index is 1.59. The van der Waals surface area contributed by atoms with Gasteiger partial charge in [0, 0.05) is 25.7 Å². The van der Waals surface area contributed by atoms with Gasteiger partial charge in [0.1, 0.15) is 0 Å². The molecule has 1 aromatic rings. The number of halogens is 1. The van der Waals surface area contributed by atoms with Gasteiger partial charge in [-0.05, 0) is 44.4 Å². The number of nitrogens with zero attached hydrogens (tertiary/aromatic N) is 2. The number of rotatable bonds is 3. The monoisotopic (exact) mass is 350 g/mol. The number of aromatic hydroxyl groups is 1. The number of phenols is 1. The first-order valence-electron chi connectivity index (χ1n) is 8.71. The molecule has 136 valence electrons. The Labute approximate surface area is 145 Å². The Hall–Kier alpha value is -2.15. The molecule has 0 aliphatic carbocycles. The van der Waals surface area contributed by atoms with E-state index in [0.717, 1.165) is 38.3 Å². The molecule has 1 aromatic carbocycles. The molecule has 2 fully saturated rings. The Morgan fingerprint density at radius 2 is 1.84 bits per heavy atom. The van der Waals surface area contributed by atoms with Crippen LogP contribution in [-0.2, 0) is 4.79 Å². The van der Waals surface area contributed by atoms with Gasteiger partial charge >= 0.3 is 5.97 Å². The molecule has 2 N–H and O–H groups in total. The van der Waals surface area contributed by atoms with Crippen molar-refractivity contribution in [2.45, 2.75) is 31.7 Å². The fourth-order valence-corrected chi connectivity index (χ4v) is 3.83. The van der Waals surface area contributed by atoms with Gasteiger partial charge in [0.15, 0.2) is 11.6 Å². The summed E-state index contributed by atoms with van der Waals surface area (Å²) < 4.78 is 13.4. The molecular formula is C18H23FN2O4. The number of phenolic OH excluding ortho intramolecular Hbond substituents is 1.